The molecule has 1 aliphatic heterocycles. The average Bonchev–Trinajstić information content (AvgIpc) is 3.20. The van der Waals surface area contributed by atoms with Gasteiger partial charge in [0, 0.05) is 18.5 Å². The highest BCUT2D eigenvalue weighted by Crippen LogP contribution is 2.42. The Morgan fingerprint density at radius 2 is 1.74 bits per heavy atom. The highest BCUT2D eigenvalue weighted by molar-refractivity contribution is 5.96. The molecule has 0 bridgehead atoms. The van der Waals surface area contributed by atoms with Crippen LogP contribution in [0.25, 0.3) is 0 Å². The number of hydrogen-bond donors (Lipinski definition) is 3. The Morgan fingerprint density at radius 3 is 2.29 bits per heavy atom. The quantitative estimate of drug-likeness (QED) is 0.529. The largest absolute Gasteiger partial charge is 0.417 e. The minimum absolute atomic E-state index is 0.0884. The molecule has 2 aromatic carbocycles. The Bertz CT molecular complexity index is 1190. The SMILES string of the molecule is CC(=O)Nc1ccc(NC(=O)C2CC(c3ccc(C#N)c(C(F)(F)F)c3)C(C(F)(F)F)N2)c(F)c1. The Hall–Kier alpha value is -3.66. The van der Waals surface area contributed by atoms with Crippen LogP contribution < -0.4 is 16.0 Å². The second-order valence-electron chi connectivity index (χ2n) is 7.86. The molecule has 0 aliphatic carbocycles. The van der Waals surface area contributed by atoms with Crippen molar-refractivity contribution < 1.29 is 40.3 Å². The van der Waals surface area contributed by atoms with Gasteiger partial charge in [0.15, 0.2) is 0 Å². The van der Waals surface area contributed by atoms with Crippen LogP contribution in [0.4, 0.5) is 42.1 Å². The van der Waals surface area contributed by atoms with E-state index in [9.17, 15) is 40.3 Å². The van der Waals surface area contributed by atoms with Gasteiger partial charge in [0.1, 0.15) is 11.9 Å². The lowest BCUT2D eigenvalue weighted by atomic mass is 9.88. The van der Waals surface area contributed by atoms with E-state index in [4.69, 9.17) is 5.26 Å². The summed E-state index contributed by atoms with van der Waals surface area (Å²) in [6.07, 6.45) is -10.4. The van der Waals surface area contributed by atoms with E-state index in [1.165, 1.54) is 19.1 Å². The van der Waals surface area contributed by atoms with Gasteiger partial charge >= 0.3 is 12.4 Å². The number of anilines is 2. The third kappa shape index (κ3) is 5.89. The average molecular weight is 502 g/mol. The predicted octanol–water partition coefficient (Wildman–Crippen LogP) is 4.69. The second-order valence-corrected chi connectivity index (χ2v) is 7.86. The molecule has 0 saturated carbocycles. The molecule has 3 unspecified atom stereocenters. The van der Waals surface area contributed by atoms with E-state index < -0.39 is 65.5 Å². The molecule has 186 valence electrons. The standard InChI is InChI=1S/C22H17F7N4O2/c1-10(34)31-13-4-5-17(16(23)7-13)33-20(35)18-8-14(19(32-18)22(27,28)29)11-2-3-12(9-30)15(6-11)21(24,25)26/h2-7,14,18-19,32H,8H2,1H3,(H,31,34)(H,33,35). The molecular formula is C22H17F7N4O2. The molecule has 0 aromatic heterocycles. The maximum atomic E-state index is 14.3. The number of nitrogens with zero attached hydrogens (tertiary/aromatic N) is 1. The number of alkyl halides is 6. The van der Waals surface area contributed by atoms with Crippen LogP contribution in [0.15, 0.2) is 36.4 Å². The van der Waals surface area contributed by atoms with Gasteiger partial charge < -0.3 is 10.6 Å². The van der Waals surface area contributed by atoms with Crippen molar-refractivity contribution in [2.45, 2.75) is 43.7 Å². The van der Waals surface area contributed by atoms with Crippen molar-refractivity contribution in [1.29, 1.82) is 5.26 Å². The van der Waals surface area contributed by atoms with Crippen LogP contribution in [0.2, 0.25) is 0 Å². The zero-order valence-electron chi connectivity index (χ0n) is 17.8. The Kier molecular flexibility index (Phi) is 7.07. The first-order valence-corrected chi connectivity index (χ1v) is 10.0. The third-order valence-electron chi connectivity index (χ3n) is 5.39. The lowest BCUT2D eigenvalue weighted by Crippen LogP contribution is -2.46. The van der Waals surface area contributed by atoms with E-state index in [1.807, 2.05) is 0 Å². The molecule has 1 aliphatic rings. The van der Waals surface area contributed by atoms with Crippen LogP contribution >= 0.6 is 0 Å². The molecule has 3 atom stereocenters. The molecule has 3 N–H and O–H groups in total. The van der Waals surface area contributed by atoms with Gasteiger partial charge in [-0.1, -0.05) is 6.07 Å². The minimum Gasteiger partial charge on any atom is -0.326 e. The van der Waals surface area contributed by atoms with Crippen LogP contribution in [-0.4, -0.2) is 30.1 Å². The number of hydrogen-bond acceptors (Lipinski definition) is 4. The number of nitrogens with one attached hydrogen (secondary N) is 3. The van der Waals surface area contributed by atoms with Gasteiger partial charge in [0.05, 0.1) is 28.9 Å². The maximum absolute atomic E-state index is 14.3. The molecule has 35 heavy (non-hydrogen) atoms. The monoisotopic (exact) mass is 502 g/mol. The van der Waals surface area contributed by atoms with Crippen molar-refractivity contribution >= 4 is 23.2 Å². The fraction of sp³-hybridized carbons (Fsp3) is 0.318. The van der Waals surface area contributed by atoms with Gasteiger partial charge in [-0.15, -0.1) is 0 Å². The molecule has 1 heterocycles. The molecule has 6 nitrogen and oxygen atoms in total. The van der Waals surface area contributed by atoms with E-state index in [-0.39, 0.29) is 16.9 Å². The molecule has 13 heteroatoms. The van der Waals surface area contributed by atoms with Gasteiger partial charge in [-0.05, 0) is 42.3 Å². The van der Waals surface area contributed by atoms with Crippen molar-refractivity contribution in [1.82, 2.24) is 5.32 Å². The Morgan fingerprint density at radius 1 is 1.06 bits per heavy atom. The molecular weight excluding hydrogens is 485 g/mol. The lowest BCUT2D eigenvalue weighted by molar-refractivity contribution is -0.156. The van der Waals surface area contributed by atoms with Crippen molar-refractivity contribution in [2.75, 3.05) is 10.6 Å². The van der Waals surface area contributed by atoms with E-state index >= 15 is 0 Å². The van der Waals surface area contributed by atoms with Gasteiger partial charge in [-0.25, -0.2) is 4.39 Å². The summed E-state index contributed by atoms with van der Waals surface area (Å²) in [4.78, 5) is 23.7. The summed E-state index contributed by atoms with van der Waals surface area (Å²) in [5.74, 6) is -4.05. The summed E-state index contributed by atoms with van der Waals surface area (Å²) in [6, 6.07) is 2.99. The zero-order chi connectivity index (χ0) is 26.1. The highest BCUT2D eigenvalue weighted by Gasteiger charge is 2.52. The fourth-order valence-corrected chi connectivity index (χ4v) is 3.87. The summed E-state index contributed by atoms with van der Waals surface area (Å²) >= 11 is 0. The van der Waals surface area contributed by atoms with Crippen molar-refractivity contribution in [3.63, 3.8) is 0 Å². The van der Waals surface area contributed by atoms with Crippen LogP contribution in [0, 0.1) is 17.1 Å². The van der Waals surface area contributed by atoms with E-state index in [2.05, 4.69) is 16.0 Å². The fourth-order valence-electron chi connectivity index (χ4n) is 3.87. The van der Waals surface area contributed by atoms with E-state index in [1.54, 1.807) is 0 Å². The summed E-state index contributed by atoms with van der Waals surface area (Å²) in [7, 11) is 0. The van der Waals surface area contributed by atoms with Crippen LogP contribution in [0.5, 0.6) is 0 Å². The number of rotatable bonds is 4. The van der Waals surface area contributed by atoms with Crippen LogP contribution in [0.3, 0.4) is 0 Å². The number of benzene rings is 2. The van der Waals surface area contributed by atoms with Gasteiger partial charge in [0.2, 0.25) is 11.8 Å². The number of amides is 2. The first-order chi connectivity index (χ1) is 16.2. The number of carbonyl (C=O) groups is 2. The molecule has 0 spiro atoms. The van der Waals surface area contributed by atoms with E-state index in [0.29, 0.717) is 6.07 Å². The first-order valence-electron chi connectivity index (χ1n) is 10.0. The van der Waals surface area contributed by atoms with Crippen LogP contribution in [0.1, 0.15) is 36.0 Å². The van der Waals surface area contributed by atoms with Gasteiger partial charge in [-0.3, -0.25) is 14.9 Å². The number of nitriles is 1. The molecule has 1 fully saturated rings. The third-order valence-corrected chi connectivity index (χ3v) is 5.39. The van der Waals surface area contributed by atoms with Crippen molar-refractivity contribution in [3.05, 3.63) is 58.9 Å². The van der Waals surface area contributed by atoms with Crippen molar-refractivity contribution in [2.24, 2.45) is 0 Å². The lowest BCUT2D eigenvalue weighted by Gasteiger charge is -2.23. The molecule has 2 aromatic rings. The Labute approximate surface area is 194 Å². The summed E-state index contributed by atoms with van der Waals surface area (Å²) in [5.41, 5.74) is -2.76. The summed E-state index contributed by atoms with van der Waals surface area (Å²) in [6.45, 7) is 1.19. The molecule has 3 rings (SSSR count). The molecule has 0 radical (unpaired) electrons. The second kappa shape index (κ2) is 9.53. The summed E-state index contributed by atoms with van der Waals surface area (Å²) in [5, 5.41) is 15.5. The normalized spacial score (nSPS) is 20.3. The topological polar surface area (TPSA) is 94.0 Å². The smallest absolute Gasteiger partial charge is 0.326 e. The number of carbonyl (C=O) groups excluding carboxylic acids is 2. The Balaban J connectivity index is 1.87. The molecule has 1 saturated heterocycles. The minimum atomic E-state index is -4.97. The zero-order valence-corrected chi connectivity index (χ0v) is 17.8. The molecule has 2 amide bonds. The van der Waals surface area contributed by atoms with Gasteiger partial charge in [-0.2, -0.15) is 31.6 Å². The van der Waals surface area contributed by atoms with Crippen molar-refractivity contribution in [3.8, 4) is 6.07 Å². The maximum Gasteiger partial charge on any atom is 0.417 e. The summed E-state index contributed by atoms with van der Waals surface area (Å²) < 4.78 is 95.3. The first kappa shape index (κ1) is 26.0. The van der Waals surface area contributed by atoms with E-state index in [0.717, 1.165) is 24.3 Å². The number of halogens is 7. The highest BCUT2D eigenvalue weighted by atomic mass is 19.4. The van der Waals surface area contributed by atoms with Gasteiger partial charge in [0.25, 0.3) is 0 Å². The van der Waals surface area contributed by atoms with Crippen LogP contribution in [-0.2, 0) is 15.8 Å². The predicted molar refractivity (Wildman–Crippen MR) is 110 cm³/mol.